The first-order chi connectivity index (χ1) is 7.16. The fraction of sp³-hybridized carbons (Fsp3) is 0.250. The molecule has 0 amide bonds. The van der Waals surface area contributed by atoms with Gasteiger partial charge in [0.05, 0.1) is 5.71 Å². The zero-order valence-corrected chi connectivity index (χ0v) is 8.33. The van der Waals surface area contributed by atoms with E-state index in [1.165, 1.54) is 12.1 Å². The minimum absolute atomic E-state index is 0.286. The van der Waals surface area contributed by atoms with Crippen molar-refractivity contribution in [1.29, 1.82) is 5.41 Å². The van der Waals surface area contributed by atoms with Crippen molar-refractivity contribution in [3.05, 3.63) is 47.4 Å². The third-order valence-corrected chi connectivity index (χ3v) is 2.51. The summed E-state index contributed by atoms with van der Waals surface area (Å²) in [7, 11) is 0. The number of benzene rings is 1. The van der Waals surface area contributed by atoms with E-state index in [0.717, 1.165) is 18.5 Å². The van der Waals surface area contributed by atoms with Crippen LogP contribution in [0.3, 0.4) is 0 Å². The summed E-state index contributed by atoms with van der Waals surface area (Å²) in [5.74, 6) is 0.177. The maximum atomic E-state index is 12.6. The van der Waals surface area contributed by atoms with Crippen molar-refractivity contribution in [3.8, 4) is 0 Å². The van der Waals surface area contributed by atoms with Gasteiger partial charge in [-0.15, -0.1) is 0 Å². The molecule has 1 aliphatic carbocycles. The molecule has 1 saturated carbocycles. The van der Waals surface area contributed by atoms with Crippen molar-refractivity contribution >= 4 is 5.71 Å². The lowest BCUT2D eigenvalue weighted by Gasteiger charge is -2.01. The van der Waals surface area contributed by atoms with Gasteiger partial charge in [-0.1, -0.05) is 0 Å². The monoisotopic (exact) mass is 204 g/mol. The van der Waals surface area contributed by atoms with Crippen LogP contribution < -0.4 is 5.73 Å². The van der Waals surface area contributed by atoms with E-state index in [1.54, 1.807) is 18.2 Å². The highest BCUT2D eigenvalue weighted by Gasteiger charge is 2.24. The van der Waals surface area contributed by atoms with E-state index in [-0.39, 0.29) is 5.82 Å². The van der Waals surface area contributed by atoms with Crippen LogP contribution in [0.2, 0.25) is 0 Å². The van der Waals surface area contributed by atoms with Crippen LogP contribution in [0.15, 0.2) is 36.0 Å². The highest BCUT2D eigenvalue weighted by Crippen LogP contribution is 2.33. The van der Waals surface area contributed by atoms with E-state index < -0.39 is 0 Å². The van der Waals surface area contributed by atoms with Gasteiger partial charge in [0, 0.05) is 5.70 Å². The third kappa shape index (κ3) is 2.43. The molecule has 0 aliphatic heterocycles. The molecule has 0 radical (unpaired) electrons. The van der Waals surface area contributed by atoms with Crippen LogP contribution in [0.1, 0.15) is 18.4 Å². The second kappa shape index (κ2) is 3.85. The molecule has 2 nitrogen and oxygen atoms in total. The normalized spacial score (nSPS) is 16.5. The van der Waals surface area contributed by atoms with Crippen molar-refractivity contribution in [1.82, 2.24) is 0 Å². The Morgan fingerprint density at radius 3 is 2.47 bits per heavy atom. The Kier molecular flexibility index (Phi) is 2.54. The zero-order valence-electron chi connectivity index (χ0n) is 8.33. The molecule has 15 heavy (non-hydrogen) atoms. The maximum absolute atomic E-state index is 12.6. The second-order valence-corrected chi connectivity index (χ2v) is 3.84. The minimum Gasteiger partial charge on any atom is -0.402 e. The Morgan fingerprint density at radius 2 is 1.93 bits per heavy atom. The molecule has 3 N–H and O–H groups in total. The Labute approximate surface area is 88.1 Å². The second-order valence-electron chi connectivity index (χ2n) is 3.84. The molecular weight excluding hydrogens is 191 g/mol. The summed E-state index contributed by atoms with van der Waals surface area (Å²) in [6, 6.07) is 5.89. The Balaban J connectivity index is 2.13. The van der Waals surface area contributed by atoms with Gasteiger partial charge in [0.15, 0.2) is 0 Å². The summed E-state index contributed by atoms with van der Waals surface area (Å²) in [6.07, 6.45) is 3.92. The summed E-state index contributed by atoms with van der Waals surface area (Å²) >= 11 is 0. The van der Waals surface area contributed by atoms with Gasteiger partial charge in [0.25, 0.3) is 0 Å². The summed E-state index contributed by atoms with van der Waals surface area (Å²) in [4.78, 5) is 0. The molecule has 0 unspecified atom stereocenters. The molecule has 1 fully saturated rings. The SMILES string of the molecule is N=C(/C=C(\N)C1CC1)c1ccc(F)cc1. The number of nitrogens with one attached hydrogen (secondary N) is 1. The highest BCUT2D eigenvalue weighted by atomic mass is 19.1. The lowest BCUT2D eigenvalue weighted by Crippen LogP contribution is -2.04. The van der Waals surface area contributed by atoms with Crippen LogP contribution in [0, 0.1) is 17.1 Å². The first-order valence-electron chi connectivity index (χ1n) is 4.98. The molecule has 0 aromatic heterocycles. The van der Waals surface area contributed by atoms with Gasteiger partial charge in [-0.3, -0.25) is 0 Å². The van der Waals surface area contributed by atoms with Gasteiger partial charge in [0.2, 0.25) is 0 Å². The smallest absolute Gasteiger partial charge is 0.123 e. The van der Waals surface area contributed by atoms with Crippen molar-refractivity contribution in [2.75, 3.05) is 0 Å². The first-order valence-corrected chi connectivity index (χ1v) is 4.98. The molecule has 2 rings (SSSR count). The maximum Gasteiger partial charge on any atom is 0.123 e. The number of allylic oxidation sites excluding steroid dienone is 2. The van der Waals surface area contributed by atoms with Crippen LogP contribution >= 0.6 is 0 Å². The van der Waals surface area contributed by atoms with Crippen LogP contribution in [-0.2, 0) is 0 Å². The van der Waals surface area contributed by atoms with E-state index in [2.05, 4.69) is 0 Å². The molecule has 0 heterocycles. The number of nitrogens with two attached hydrogens (primary N) is 1. The lowest BCUT2D eigenvalue weighted by atomic mass is 10.1. The van der Waals surface area contributed by atoms with Gasteiger partial charge in [-0.25, -0.2) is 4.39 Å². The first kappa shape index (κ1) is 9.90. The van der Waals surface area contributed by atoms with E-state index in [0.29, 0.717) is 17.2 Å². The van der Waals surface area contributed by atoms with E-state index in [1.807, 2.05) is 0 Å². The minimum atomic E-state index is -0.286. The average Bonchev–Trinajstić information content (AvgIpc) is 3.01. The predicted octanol–water partition coefficient (Wildman–Crippen LogP) is 2.45. The van der Waals surface area contributed by atoms with Gasteiger partial charge in [-0.05, 0) is 54.7 Å². The third-order valence-electron chi connectivity index (χ3n) is 2.51. The average molecular weight is 204 g/mol. The lowest BCUT2D eigenvalue weighted by molar-refractivity contribution is 0.628. The molecule has 1 aromatic carbocycles. The summed E-state index contributed by atoms with van der Waals surface area (Å²) in [6.45, 7) is 0. The highest BCUT2D eigenvalue weighted by molar-refractivity contribution is 6.06. The Morgan fingerprint density at radius 1 is 1.33 bits per heavy atom. The van der Waals surface area contributed by atoms with Crippen LogP contribution in [0.25, 0.3) is 0 Å². The van der Waals surface area contributed by atoms with Crippen LogP contribution in [0.5, 0.6) is 0 Å². The Hall–Kier alpha value is -1.64. The van der Waals surface area contributed by atoms with Gasteiger partial charge in [0.1, 0.15) is 5.82 Å². The molecule has 3 heteroatoms. The van der Waals surface area contributed by atoms with Crippen molar-refractivity contribution in [2.24, 2.45) is 11.7 Å². The van der Waals surface area contributed by atoms with Crippen LogP contribution in [-0.4, -0.2) is 5.71 Å². The van der Waals surface area contributed by atoms with Crippen molar-refractivity contribution in [2.45, 2.75) is 12.8 Å². The van der Waals surface area contributed by atoms with E-state index in [4.69, 9.17) is 11.1 Å². The Bertz CT molecular complexity index is 402. The molecule has 1 aromatic rings. The van der Waals surface area contributed by atoms with E-state index >= 15 is 0 Å². The molecule has 0 atom stereocenters. The summed E-state index contributed by atoms with van der Waals surface area (Å²) < 4.78 is 12.6. The fourth-order valence-electron chi connectivity index (χ4n) is 1.41. The van der Waals surface area contributed by atoms with E-state index in [9.17, 15) is 4.39 Å². The van der Waals surface area contributed by atoms with Gasteiger partial charge < -0.3 is 11.1 Å². The molecule has 1 aliphatic rings. The summed E-state index contributed by atoms with van der Waals surface area (Å²) in [5, 5.41) is 7.77. The topological polar surface area (TPSA) is 49.9 Å². The summed E-state index contributed by atoms with van der Waals surface area (Å²) in [5.41, 5.74) is 7.60. The molecule has 78 valence electrons. The van der Waals surface area contributed by atoms with Gasteiger partial charge in [-0.2, -0.15) is 0 Å². The molecule has 0 saturated heterocycles. The number of rotatable bonds is 3. The molecule has 0 bridgehead atoms. The fourth-order valence-corrected chi connectivity index (χ4v) is 1.41. The van der Waals surface area contributed by atoms with Crippen molar-refractivity contribution in [3.63, 3.8) is 0 Å². The molecule has 0 spiro atoms. The van der Waals surface area contributed by atoms with Gasteiger partial charge >= 0.3 is 0 Å². The molecular formula is C12H13FN2. The largest absolute Gasteiger partial charge is 0.402 e. The quantitative estimate of drug-likeness (QED) is 0.730. The number of hydrogen-bond donors (Lipinski definition) is 2. The standard InChI is InChI=1S/C12H13FN2/c13-10-5-3-9(4-6-10)12(15)7-11(14)8-1-2-8/h3-8,15H,1-2,14H2/b11-7-,15-12?. The number of halogens is 1. The predicted molar refractivity (Wildman–Crippen MR) is 58.2 cm³/mol. The number of hydrogen-bond acceptors (Lipinski definition) is 2. The van der Waals surface area contributed by atoms with Crippen molar-refractivity contribution < 1.29 is 4.39 Å². The van der Waals surface area contributed by atoms with Crippen LogP contribution in [0.4, 0.5) is 4.39 Å². The zero-order chi connectivity index (χ0) is 10.8.